The van der Waals surface area contributed by atoms with Crippen LogP contribution in [0.4, 0.5) is 10.2 Å². The fourth-order valence-electron chi connectivity index (χ4n) is 3.94. The average Bonchev–Trinajstić information content (AvgIpc) is 3.00. The van der Waals surface area contributed by atoms with Crippen LogP contribution in [-0.2, 0) is 0 Å². The number of likely N-dealkylation sites (tertiary alicyclic amines) is 1. The van der Waals surface area contributed by atoms with Crippen LogP contribution in [-0.4, -0.2) is 52.1 Å². The van der Waals surface area contributed by atoms with Crippen LogP contribution in [0, 0.1) is 5.82 Å². The maximum atomic E-state index is 14.5. The molecule has 1 aromatic carbocycles. The van der Waals surface area contributed by atoms with Crippen molar-refractivity contribution in [3.05, 3.63) is 46.3 Å². The quantitative estimate of drug-likeness (QED) is 0.549. The highest BCUT2D eigenvalue weighted by molar-refractivity contribution is 9.10. The van der Waals surface area contributed by atoms with E-state index in [1.54, 1.807) is 28.8 Å². The lowest BCUT2D eigenvalue weighted by Crippen LogP contribution is -2.38. The van der Waals surface area contributed by atoms with Gasteiger partial charge in [-0.25, -0.2) is 9.37 Å². The van der Waals surface area contributed by atoms with E-state index in [-0.39, 0.29) is 17.8 Å². The minimum atomic E-state index is -0.367. The van der Waals surface area contributed by atoms with Gasteiger partial charge in [-0.15, -0.1) is 0 Å². The van der Waals surface area contributed by atoms with Gasteiger partial charge in [0.15, 0.2) is 5.65 Å². The normalized spacial score (nSPS) is 17.2. The minimum Gasteiger partial charge on any atom is -0.363 e. The van der Waals surface area contributed by atoms with Gasteiger partial charge in [0, 0.05) is 48.9 Å². The molecule has 3 heterocycles. The van der Waals surface area contributed by atoms with Crippen LogP contribution in [0.2, 0.25) is 0 Å². The van der Waals surface area contributed by atoms with Crippen molar-refractivity contribution in [2.75, 3.05) is 25.5 Å². The summed E-state index contributed by atoms with van der Waals surface area (Å²) in [5, 5.41) is 4.57. The SMILES string of the molecule is C[C@@H]1CCCCCN1C(=O)c1cc(N(C)C)n2nc(-c3ccc(Br)cc3F)cc2n1. The van der Waals surface area contributed by atoms with Gasteiger partial charge in [0.25, 0.3) is 5.91 Å². The van der Waals surface area contributed by atoms with Crippen molar-refractivity contribution >= 4 is 33.3 Å². The van der Waals surface area contributed by atoms with Gasteiger partial charge in [-0.05, 0) is 38.0 Å². The first-order valence-corrected chi connectivity index (χ1v) is 11.0. The first-order valence-electron chi connectivity index (χ1n) is 10.2. The molecule has 158 valence electrons. The highest BCUT2D eigenvalue weighted by Crippen LogP contribution is 2.28. The Morgan fingerprint density at radius 1 is 1.20 bits per heavy atom. The van der Waals surface area contributed by atoms with Crippen molar-refractivity contribution in [2.45, 2.75) is 38.6 Å². The summed E-state index contributed by atoms with van der Waals surface area (Å²) in [6.07, 6.45) is 4.31. The number of nitrogens with zero attached hydrogens (tertiary/aromatic N) is 5. The molecule has 3 aromatic rings. The summed E-state index contributed by atoms with van der Waals surface area (Å²) in [7, 11) is 3.78. The summed E-state index contributed by atoms with van der Waals surface area (Å²) in [6, 6.07) is 8.55. The number of anilines is 1. The van der Waals surface area contributed by atoms with Gasteiger partial charge in [0.05, 0.1) is 5.69 Å². The van der Waals surface area contributed by atoms with E-state index in [1.807, 2.05) is 23.9 Å². The molecule has 1 amide bonds. The van der Waals surface area contributed by atoms with E-state index in [2.05, 4.69) is 32.9 Å². The Hall–Kier alpha value is -2.48. The molecule has 1 aliphatic heterocycles. The van der Waals surface area contributed by atoms with Gasteiger partial charge in [-0.3, -0.25) is 4.79 Å². The molecular formula is C22H25BrFN5O. The van der Waals surface area contributed by atoms with Crippen molar-refractivity contribution in [3.63, 3.8) is 0 Å². The van der Waals surface area contributed by atoms with Crippen molar-refractivity contribution in [1.82, 2.24) is 19.5 Å². The van der Waals surface area contributed by atoms with Crippen molar-refractivity contribution < 1.29 is 9.18 Å². The lowest BCUT2D eigenvalue weighted by Gasteiger charge is -2.27. The molecule has 1 atom stereocenters. The molecule has 1 fully saturated rings. The lowest BCUT2D eigenvalue weighted by molar-refractivity contribution is 0.0692. The van der Waals surface area contributed by atoms with Crippen LogP contribution >= 0.6 is 15.9 Å². The molecule has 1 aliphatic rings. The second kappa shape index (κ2) is 8.34. The minimum absolute atomic E-state index is 0.0624. The molecule has 0 radical (unpaired) electrons. The van der Waals surface area contributed by atoms with Crippen LogP contribution in [0.25, 0.3) is 16.9 Å². The number of amides is 1. The number of carbonyl (C=O) groups is 1. The summed E-state index contributed by atoms with van der Waals surface area (Å²) >= 11 is 3.28. The zero-order valence-electron chi connectivity index (χ0n) is 17.4. The van der Waals surface area contributed by atoms with Gasteiger partial charge >= 0.3 is 0 Å². The molecule has 1 saturated heterocycles. The van der Waals surface area contributed by atoms with Gasteiger partial charge in [0.1, 0.15) is 17.3 Å². The van der Waals surface area contributed by atoms with Crippen molar-refractivity contribution in [2.24, 2.45) is 0 Å². The zero-order chi connectivity index (χ0) is 21.4. The molecule has 0 N–H and O–H groups in total. The average molecular weight is 474 g/mol. The Labute approximate surface area is 183 Å². The largest absolute Gasteiger partial charge is 0.363 e. The molecule has 30 heavy (non-hydrogen) atoms. The number of hydrogen-bond donors (Lipinski definition) is 0. The fraction of sp³-hybridized carbons (Fsp3) is 0.409. The van der Waals surface area contributed by atoms with Crippen molar-refractivity contribution in [1.29, 1.82) is 0 Å². The van der Waals surface area contributed by atoms with Crippen LogP contribution in [0.1, 0.15) is 43.1 Å². The second-order valence-electron chi connectivity index (χ2n) is 8.01. The predicted molar refractivity (Wildman–Crippen MR) is 119 cm³/mol. The number of benzene rings is 1. The molecule has 8 heteroatoms. The van der Waals surface area contributed by atoms with Crippen LogP contribution in [0.15, 0.2) is 34.8 Å². The Bertz CT molecular complexity index is 1100. The lowest BCUT2D eigenvalue weighted by atomic mass is 10.1. The molecule has 0 unspecified atom stereocenters. The number of halogens is 2. The number of hydrogen-bond acceptors (Lipinski definition) is 4. The van der Waals surface area contributed by atoms with E-state index < -0.39 is 0 Å². The Balaban J connectivity index is 1.80. The van der Waals surface area contributed by atoms with Crippen LogP contribution < -0.4 is 4.90 Å². The third kappa shape index (κ3) is 3.93. The van der Waals surface area contributed by atoms with Crippen molar-refractivity contribution in [3.8, 4) is 11.3 Å². The van der Waals surface area contributed by atoms with Gasteiger partial charge in [-0.2, -0.15) is 9.61 Å². The van der Waals surface area contributed by atoms with E-state index in [0.717, 1.165) is 38.0 Å². The summed E-state index contributed by atoms with van der Waals surface area (Å²) in [6.45, 7) is 2.85. The number of aromatic nitrogens is 3. The molecule has 0 spiro atoms. The van der Waals surface area contributed by atoms with E-state index in [0.29, 0.717) is 27.1 Å². The maximum Gasteiger partial charge on any atom is 0.272 e. The third-order valence-corrected chi connectivity index (χ3v) is 6.10. The first-order chi connectivity index (χ1) is 14.3. The van der Waals surface area contributed by atoms with Crippen LogP contribution in [0.5, 0.6) is 0 Å². The highest BCUT2D eigenvalue weighted by Gasteiger charge is 2.26. The number of rotatable bonds is 3. The summed E-state index contributed by atoms with van der Waals surface area (Å²) in [4.78, 5) is 21.7. The molecule has 4 rings (SSSR count). The van der Waals surface area contributed by atoms with E-state index in [4.69, 9.17) is 0 Å². The van der Waals surface area contributed by atoms with E-state index >= 15 is 0 Å². The zero-order valence-corrected chi connectivity index (χ0v) is 19.0. The monoisotopic (exact) mass is 473 g/mol. The molecular weight excluding hydrogens is 449 g/mol. The molecule has 0 aliphatic carbocycles. The van der Waals surface area contributed by atoms with Gasteiger partial charge < -0.3 is 9.80 Å². The Morgan fingerprint density at radius 3 is 2.73 bits per heavy atom. The Morgan fingerprint density at radius 2 is 2.00 bits per heavy atom. The van der Waals surface area contributed by atoms with Gasteiger partial charge in [0.2, 0.25) is 0 Å². The number of fused-ring (bicyclic) bond motifs is 1. The molecule has 0 saturated carbocycles. The summed E-state index contributed by atoms with van der Waals surface area (Å²) < 4.78 is 16.8. The molecule has 2 aromatic heterocycles. The van der Waals surface area contributed by atoms with Crippen LogP contribution in [0.3, 0.4) is 0 Å². The number of carbonyl (C=O) groups excluding carboxylic acids is 1. The van der Waals surface area contributed by atoms with Gasteiger partial charge in [-0.1, -0.05) is 28.8 Å². The summed E-state index contributed by atoms with van der Waals surface area (Å²) in [5.41, 5.74) is 1.78. The second-order valence-corrected chi connectivity index (χ2v) is 8.93. The molecule has 6 nitrogen and oxygen atoms in total. The molecule has 0 bridgehead atoms. The van der Waals surface area contributed by atoms with E-state index in [1.165, 1.54) is 6.07 Å². The van der Waals surface area contributed by atoms with E-state index in [9.17, 15) is 9.18 Å². The standard InChI is InChI=1S/C22H25BrFN5O/c1-14-7-5-4-6-10-28(14)22(30)19-13-21(27(2)3)29-20(25-19)12-18(26-29)16-9-8-15(23)11-17(16)24/h8-9,11-14H,4-7,10H2,1-3H3/t14-/m1/s1. The smallest absolute Gasteiger partial charge is 0.272 e. The topological polar surface area (TPSA) is 53.7 Å². The summed E-state index contributed by atoms with van der Waals surface area (Å²) in [5.74, 6) is 0.288. The third-order valence-electron chi connectivity index (χ3n) is 5.61. The first kappa shape index (κ1) is 20.8. The highest BCUT2D eigenvalue weighted by atomic mass is 79.9. The Kier molecular flexibility index (Phi) is 5.77. The fourth-order valence-corrected chi connectivity index (χ4v) is 4.27. The maximum absolute atomic E-state index is 14.5. The predicted octanol–water partition coefficient (Wildman–Crippen LogP) is 4.77.